The first-order chi connectivity index (χ1) is 10.4. The molecule has 4 rings (SSSR count). The number of tetrazole rings is 1. The van der Waals surface area contributed by atoms with Crippen LogP contribution in [0.2, 0.25) is 0 Å². The van der Waals surface area contributed by atoms with Crippen molar-refractivity contribution < 1.29 is 0 Å². The van der Waals surface area contributed by atoms with Crippen LogP contribution in [0.25, 0.3) is 16.8 Å². The fraction of sp³-hybridized carbons (Fsp3) is 0. The molecule has 0 saturated heterocycles. The summed E-state index contributed by atoms with van der Waals surface area (Å²) in [6.07, 6.45) is 0. The molecule has 4 aromatic rings. The third-order valence-corrected chi connectivity index (χ3v) is 3.74. The quantitative estimate of drug-likeness (QED) is 0.629. The van der Waals surface area contributed by atoms with Crippen LogP contribution in [0, 0.1) is 0 Å². The molecule has 0 saturated carbocycles. The Kier molecular flexibility index (Phi) is 2.82. The average Bonchev–Trinajstić information content (AvgIpc) is 3.18. The molecular formula is C14H10N6S. The van der Waals surface area contributed by atoms with E-state index >= 15 is 0 Å². The second kappa shape index (κ2) is 4.95. The Morgan fingerprint density at radius 1 is 1.05 bits per heavy atom. The van der Waals surface area contributed by atoms with Crippen molar-refractivity contribution in [1.82, 2.24) is 25.3 Å². The van der Waals surface area contributed by atoms with E-state index in [0.717, 1.165) is 5.69 Å². The molecule has 0 spiro atoms. The van der Waals surface area contributed by atoms with Gasteiger partial charge in [0.1, 0.15) is 0 Å². The van der Waals surface area contributed by atoms with Crippen LogP contribution >= 0.6 is 11.3 Å². The van der Waals surface area contributed by atoms with Crippen LogP contribution in [0.5, 0.6) is 0 Å². The summed E-state index contributed by atoms with van der Waals surface area (Å²) in [5.74, 6) is 0.692. The second-order valence-corrected chi connectivity index (χ2v) is 5.24. The fourth-order valence-corrected chi connectivity index (χ4v) is 2.73. The zero-order chi connectivity index (χ0) is 14.1. The first-order valence-electron chi connectivity index (χ1n) is 6.33. The summed E-state index contributed by atoms with van der Waals surface area (Å²) in [4.78, 5) is 0. The second-order valence-electron chi connectivity index (χ2n) is 4.46. The lowest BCUT2D eigenvalue weighted by Crippen LogP contribution is -2.00. The maximum atomic E-state index is 4.29. The maximum Gasteiger partial charge on any atom is 0.200 e. The first-order valence-corrected chi connectivity index (χ1v) is 7.28. The van der Waals surface area contributed by atoms with Gasteiger partial charge in [-0.15, -0.1) is 14.8 Å². The summed E-state index contributed by atoms with van der Waals surface area (Å²) in [6.45, 7) is 0. The van der Waals surface area contributed by atoms with Crippen molar-refractivity contribution in [3.05, 3.63) is 53.2 Å². The van der Waals surface area contributed by atoms with E-state index in [2.05, 4.69) is 54.9 Å². The highest BCUT2D eigenvalue weighted by Crippen LogP contribution is 2.25. The van der Waals surface area contributed by atoms with Gasteiger partial charge in [-0.25, -0.2) is 0 Å². The molecule has 7 heteroatoms. The number of aromatic nitrogens is 5. The standard InChI is InChI=1S/C14H10N6S/c1-2-10(11-6-7-21-9-11)8-12(3-1)15-13-4-5-14-16-18-19-20(14)17-13/h1-9H,(H,15,17). The minimum absolute atomic E-state index is 0.618. The molecular weight excluding hydrogens is 284 g/mol. The summed E-state index contributed by atoms with van der Waals surface area (Å²) in [5, 5.41) is 22.9. The molecule has 1 aromatic carbocycles. The molecule has 0 unspecified atom stereocenters. The van der Waals surface area contributed by atoms with Crippen LogP contribution in [0.4, 0.5) is 11.5 Å². The molecule has 0 amide bonds. The van der Waals surface area contributed by atoms with E-state index in [-0.39, 0.29) is 0 Å². The Morgan fingerprint density at radius 2 is 2.05 bits per heavy atom. The SMILES string of the molecule is c1cc(Nc2ccc3nnnn3n2)cc(-c2ccsc2)c1. The summed E-state index contributed by atoms with van der Waals surface area (Å²) in [7, 11) is 0. The van der Waals surface area contributed by atoms with E-state index in [4.69, 9.17) is 0 Å². The molecule has 0 aliphatic heterocycles. The molecule has 6 nitrogen and oxygen atoms in total. The maximum absolute atomic E-state index is 4.29. The summed E-state index contributed by atoms with van der Waals surface area (Å²) < 4.78 is 1.39. The molecule has 0 atom stereocenters. The van der Waals surface area contributed by atoms with E-state index in [0.29, 0.717) is 11.5 Å². The number of anilines is 2. The number of benzene rings is 1. The number of nitrogens with zero attached hydrogens (tertiary/aromatic N) is 5. The highest BCUT2D eigenvalue weighted by Gasteiger charge is 2.03. The number of fused-ring (bicyclic) bond motifs is 1. The minimum Gasteiger partial charge on any atom is -0.339 e. The molecule has 0 aliphatic rings. The van der Waals surface area contributed by atoms with Crippen molar-refractivity contribution in [2.45, 2.75) is 0 Å². The largest absolute Gasteiger partial charge is 0.339 e. The monoisotopic (exact) mass is 294 g/mol. The molecule has 0 bridgehead atoms. The predicted molar refractivity (Wildman–Crippen MR) is 81.6 cm³/mol. The van der Waals surface area contributed by atoms with Gasteiger partial charge in [0, 0.05) is 5.69 Å². The van der Waals surface area contributed by atoms with E-state index in [1.165, 1.54) is 15.8 Å². The summed E-state index contributed by atoms with van der Waals surface area (Å²) >= 11 is 1.69. The Hall–Kier alpha value is -2.80. The third kappa shape index (κ3) is 2.34. The van der Waals surface area contributed by atoms with Crippen molar-refractivity contribution in [2.75, 3.05) is 5.32 Å². The van der Waals surface area contributed by atoms with E-state index in [1.54, 1.807) is 11.3 Å². The lowest BCUT2D eigenvalue weighted by Gasteiger charge is -2.07. The Morgan fingerprint density at radius 3 is 2.95 bits per heavy atom. The van der Waals surface area contributed by atoms with Crippen molar-refractivity contribution in [2.24, 2.45) is 0 Å². The predicted octanol–water partition coefficient (Wildman–Crippen LogP) is 2.99. The summed E-state index contributed by atoms with van der Waals surface area (Å²) in [6, 6.07) is 14.0. The zero-order valence-corrected chi connectivity index (χ0v) is 11.7. The van der Waals surface area contributed by atoms with Gasteiger partial charge in [-0.3, -0.25) is 0 Å². The lowest BCUT2D eigenvalue weighted by atomic mass is 10.1. The van der Waals surface area contributed by atoms with Gasteiger partial charge in [0.15, 0.2) is 11.5 Å². The van der Waals surface area contributed by atoms with Crippen LogP contribution in [0.15, 0.2) is 53.2 Å². The van der Waals surface area contributed by atoms with Crippen molar-refractivity contribution >= 4 is 28.5 Å². The van der Waals surface area contributed by atoms with Gasteiger partial charge in [0.05, 0.1) is 0 Å². The number of rotatable bonds is 3. The van der Waals surface area contributed by atoms with Crippen molar-refractivity contribution in [3.8, 4) is 11.1 Å². The Labute approximate surface area is 124 Å². The first kappa shape index (κ1) is 12.0. The topological polar surface area (TPSA) is 68.0 Å². The van der Waals surface area contributed by atoms with Gasteiger partial charge in [0.25, 0.3) is 0 Å². The molecule has 1 N–H and O–H groups in total. The van der Waals surface area contributed by atoms with Crippen LogP contribution < -0.4 is 5.32 Å². The molecule has 0 fully saturated rings. The van der Waals surface area contributed by atoms with Gasteiger partial charge in [0.2, 0.25) is 0 Å². The summed E-state index contributed by atoms with van der Waals surface area (Å²) in [5.41, 5.74) is 3.98. The molecule has 21 heavy (non-hydrogen) atoms. The Bertz CT molecular complexity index is 883. The molecule has 0 aliphatic carbocycles. The van der Waals surface area contributed by atoms with Gasteiger partial charge in [-0.2, -0.15) is 11.3 Å². The van der Waals surface area contributed by atoms with Gasteiger partial charge in [-0.1, -0.05) is 12.1 Å². The highest BCUT2D eigenvalue weighted by molar-refractivity contribution is 7.08. The van der Waals surface area contributed by atoms with Crippen molar-refractivity contribution in [1.29, 1.82) is 0 Å². The van der Waals surface area contributed by atoms with Crippen LogP contribution in [-0.4, -0.2) is 25.3 Å². The van der Waals surface area contributed by atoms with Crippen LogP contribution in [0.1, 0.15) is 0 Å². The van der Waals surface area contributed by atoms with Crippen LogP contribution in [-0.2, 0) is 0 Å². The van der Waals surface area contributed by atoms with Gasteiger partial charge in [-0.05, 0) is 62.6 Å². The zero-order valence-electron chi connectivity index (χ0n) is 10.8. The minimum atomic E-state index is 0.618. The number of thiophene rings is 1. The molecule has 3 aromatic heterocycles. The van der Waals surface area contributed by atoms with Gasteiger partial charge >= 0.3 is 0 Å². The Balaban J connectivity index is 1.66. The van der Waals surface area contributed by atoms with Crippen molar-refractivity contribution in [3.63, 3.8) is 0 Å². The fourth-order valence-electron chi connectivity index (χ4n) is 2.07. The average molecular weight is 294 g/mol. The van der Waals surface area contributed by atoms with Gasteiger partial charge < -0.3 is 5.32 Å². The van der Waals surface area contributed by atoms with Crippen LogP contribution in [0.3, 0.4) is 0 Å². The molecule has 102 valence electrons. The van der Waals surface area contributed by atoms with E-state index in [1.807, 2.05) is 24.3 Å². The highest BCUT2D eigenvalue weighted by atomic mass is 32.1. The number of hydrogen-bond donors (Lipinski definition) is 1. The normalized spacial score (nSPS) is 10.9. The lowest BCUT2D eigenvalue weighted by molar-refractivity contribution is 0.736. The van der Waals surface area contributed by atoms with E-state index in [9.17, 15) is 0 Å². The third-order valence-electron chi connectivity index (χ3n) is 3.06. The molecule has 3 heterocycles. The number of nitrogens with one attached hydrogen (secondary N) is 1. The van der Waals surface area contributed by atoms with E-state index < -0.39 is 0 Å². The smallest absolute Gasteiger partial charge is 0.200 e. The molecule has 0 radical (unpaired) electrons. The number of hydrogen-bond acceptors (Lipinski definition) is 6.